The van der Waals surface area contributed by atoms with Crippen molar-refractivity contribution in [1.82, 2.24) is 4.98 Å². The minimum absolute atomic E-state index is 0.0425. The highest BCUT2D eigenvalue weighted by molar-refractivity contribution is 7.18. The van der Waals surface area contributed by atoms with Crippen molar-refractivity contribution >= 4 is 35.8 Å². The van der Waals surface area contributed by atoms with E-state index >= 15 is 0 Å². The molecule has 6 nitrogen and oxygen atoms in total. The lowest BCUT2D eigenvalue weighted by molar-refractivity contribution is 0.0528. The summed E-state index contributed by atoms with van der Waals surface area (Å²) in [4.78, 5) is 17.3. The van der Waals surface area contributed by atoms with Crippen molar-refractivity contribution in [2.75, 3.05) is 20.8 Å². The molecule has 2 aromatic carbocycles. The zero-order valence-electron chi connectivity index (χ0n) is 23.3. The number of halogens is 2. The van der Waals surface area contributed by atoms with Crippen LogP contribution in [0.4, 0.5) is 8.78 Å². The second-order valence-corrected chi connectivity index (χ2v) is 16.4. The molecule has 38 heavy (non-hydrogen) atoms. The molecule has 0 unspecified atom stereocenters. The number of ether oxygens (including phenoxy) is 3. The van der Waals surface area contributed by atoms with Crippen LogP contribution < -0.4 is 9.47 Å². The Morgan fingerprint density at radius 3 is 2.39 bits per heavy atom. The molecule has 0 saturated heterocycles. The van der Waals surface area contributed by atoms with Crippen LogP contribution in [0.3, 0.4) is 0 Å². The number of thiazole rings is 1. The number of aromatic nitrogens is 1. The minimum Gasteiger partial charge on any atom is -0.497 e. The maximum Gasteiger partial charge on any atom is 0.340 e. The van der Waals surface area contributed by atoms with Crippen molar-refractivity contribution in [1.29, 1.82) is 0 Å². The minimum atomic E-state index is -2.63. The Hall–Kier alpha value is -2.56. The zero-order chi connectivity index (χ0) is 28.3. The summed E-state index contributed by atoms with van der Waals surface area (Å²) in [7, 11) is 0.731. The molecule has 1 aromatic heterocycles. The lowest BCUT2D eigenvalue weighted by atomic mass is 10.0. The number of fused-ring (bicyclic) bond motifs is 1. The largest absolute Gasteiger partial charge is 0.497 e. The van der Waals surface area contributed by atoms with E-state index in [9.17, 15) is 13.6 Å². The first kappa shape index (κ1) is 30.0. The van der Waals surface area contributed by atoms with Crippen molar-refractivity contribution in [2.45, 2.75) is 71.2 Å². The van der Waals surface area contributed by atoms with Gasteiger partial charge in [-0.25, -0.2) is 18.6 Å². The second kappa shape index (κ2) is 12.1. The number of carbonyl (C=O) groups is 1. The molecule has 208 valence electrons. The number of alkyl halides is 2. The Balaban J connectivity index is 1.97. The van der Waals surface area contributed by atoms with E-state index in [-0.39, 0.29) is 29.1 Å². The van der Waals surface area contributed by atoms with Gasteiger partial charge in [0.15, 0.2) is 8.32 Å². The van der Waals surface area contributed by atoms with Crippen molar-refractivity contribution in [3.05, 3.63) is 52.0 Å². The maximum atomic E-state index is 13.5. The predicted octanol–water partition coefficient (Wildman–Crippen LogP) is 8.12. The highest BCUT2D eigenvalue weighted by Crippen LogP contribution is 2.42. The summed E-state index contributed by atoms with van der Waals surface area (Å²) in [6.45, 7) is 12.8. The molecule has 1 heterocycles. The second-order valence-electron chi connectivity index (χ2n) is 10.6. The third-order valence-electron chi connectivity index (χ3n) is 6.97. The van der Waals surface area contributed by atoms with Crippen molar-refractivity contribution in [3.63, 3.8) is 0 Å². The first-order valence-corrected chi connectivity index (χ1v) is 16.3. The van der Waals surface area contributed by atoms with Crippen LogP contribution in [0.2, 0.25) is 18.1 Å². The van der Waals surface area contributed by atoms with Crippen LogP contribution in [0.15, 0.2) is 30.3 Å². The van der Waals surface area contributed by atoms with E-state index in [2.05, 4.69) is 33.9 Å². The van der Waals surface area contributed by atoms with Gasteiger partial charge in [-0.15, -0.1) is 11.3 Å². The van der Waals surface area contributed by atoms with E-state index in [1.54, 1.807) is 32.2 Å². The number of esters is 1. The molecule has 0 aliphatic heterocycles. The normalized spacial score (nSPS) is 13.1. The van der Waals surface area contributed by atoms with Crippen LogP contribution in [0.5, 0.6) is 11.5 Å². The summed E-state index contributed by atoms with van der Waals surface area (Å²) in [5, 5.41) is 0.790. The molecule has 3 aromatic rings. The van der Waals surface area contributed by atoms with E-state index in [1.165, 1.54) is 24.5 Å². The van der Waals surface area contributed by atoms with Gasteiger partial charge >= 0.3 is 5.97 Å². The third kappa shape index (κ3) is 6.70. The molecule has 0 aliphatic rings. The molecule has 0 fully saturated rings. The van der Waals surface area contributed by atoms with Crippen LogP contribution in [0.25, 0.3) is 10.2 Å². The van der Waals surface area contributed by atoms with E-state index < -0.39 is 20.7 Å². The van der Waals surface area contributed by atoms with Gasteiger partial charge in [0.05, 0.1) is 53.3 Å². The topological polar surface area (TPSA) is 66.9 Å². The molecular weight excluding hydrogens is 528 g/mol. The zero-order valence-corrected chi connectivity index (χ0v) is 25.1. The Morgan fingerprint density at radius 1 is 1.11 bits per heavy atom. The fourth-order valence-electron chi connectivity index (χ4n) is 3.83. The molecule has 0 N–H and O–H groups in total. The van der Waals surface area contributed by atoms with Gasteiger partial charge in [-0.05, 0) is 61.3 Å². The fourth-order valence-corrected chi connectivity index (χ4v) is 6.19. The third-order valence-corrected chi connectivity index (χ3v) is 12.5. The lowest BCUT2D eigenvalue weighted by Gasteiger charge is -2.39. The Morgan fingerprint density at radius 2 is 1.82 bits per heavy atom. The highest BCUT2D eigenvalue weighted by atomic mass is 32.1. The standard InChI is InChI=1S/C28H37F2NO5SSi/c1-9-35-27(32)20-15-18(33-5)16-23-25(20)31-24(37-23)13-12-21(36-38(7,8)28(2,3)4)17-10-11-19(26(29)30)22(14-17)34-6/h10-11,14-16,21,26H,9,12-13H2,1-8H3/t21-/m1/s1. The summed E-state index contributed by atoms with van der Waals surface area (Å²) in [6.07, 6.45) is -1.83. The molecule has 0 spiro atoms. The van der Waals surface area contributed by atoms with Crippen LogP contribution >= 0.6 is 11.3 Å². The van der Waals surface area contributed by atoms with Gasteiger partial charge in [-0.1, -0.05) is 26.8 Å². The number of carbonyl (C=O) groups excluding carboxylic acids is 1. The monoisotopic (exact) mass is 565 g/mol. The number of aryl methyl sites for hydroxylation is 1. The molecule has 0 bridgehead atoms. The van der Waals surface area contributed by atoms with Gasteiger partial charge in [0.25, 0.3) is 6.43 Å². The first-order valence-electron chi connectivity index (χ1n) is 12.6. The smallest absolute Gasteiger partial charge is 0.340 e. The van der Waals surface area contributed by atoms with E-state index in [0.29, 0.717) is 29.7 Å². The van der Waals surface area contributed by atoms with Crippen molar-refractivity contribution in [3.8, 4) is 11.5 Å². The summed E-state index contributed by atoms with van der Waals surface area (Å²) in [5.74, 6) is 0.257. The Bertz CT molecular complexity index is 1270. The Kier molecular flexibility index (Phi) is 9.54. The number of benzene rings is 2. The summed E-state index contributed by atoms with van der Waals surface area (Å²) >= 11 is 1.48. The molecule has 0 radical (unpaired) electrons. The Labute approximate surface area is 228 Å². The fraction of sp³-hybridized carbons (Fsp3) is 0.500. The van der Waals surface area contributed by atoms with Gasteiger partial charge in [0, 0.05) is 6.42 Å². The molecular formula is C28H37F2NO5SSi. The van der Waals surface area contributed by atoms with Gasteiger partial charge in [0.2, 0.25) is 0 Å². The number of hydrogen-bond acceptors (Lipinski definition) is 7. The van der Waals surface area contributed by atoms with Gasteiger partial charge in [0.1, 0.15) is 11.5 Å². The van der Waals surface area contributed by atoms with Crippen molar-refractivity contribution in [2.24, 2.45) is 0 Å². The summed E-state index contributed by atoms with van der Waals surface area (Å²) < 4.78 is 50.5. The number of hydrogen-bond donors (Lipinski definition) is 0. The van der Waals surface area contributed by atoms with Gasteiger partial charge in [-0.2, -0.15) is 0 Å². The molecule has 0 aliphatic carbocycles. The summed E-state index contributed by atoms with van der Waals surface area (Å²) in [6, 6.07) is 8.27. The molecule has 3 rings (SSSR count). The van der Waals surface area contributed by atoms with E-state index in [4.69, 9.17) is 23.6 Å². The predicted molar refractivity (Wildman–Crippen MR) is 149 cm³/mol. The van der Waals surface area contributed by atoms with E-state index in [0.717, 1.165) is 15.3 Å². The van der Waals surface area contributed by atoms with Crippen molar-refractivity contribution < 1.29 is 32.2 Å². The van der Waals surface area contributed by atoms with E-state index in [1.807, 2.05) is 6.07 Å². The first-order chi connectivity index (χ1) is 17.8. The van der Waals surface area contributed by atoms with Crippen LogP contribution in [0, 0.1) is 0 Å². The summed E-state index contributed by atoms with van der Waals surface area (Å²) in [5.41, 5.74) is 1.58. The van der Waals surface area contributed by atoms with Crippen LogP contribution in [-0.2, 0) is 15.6 Å². The quantitative estimate of drug-likeness (QED) is 0.173. The maximum absolute atomic E-state index is 13.5. The van der Waals surface area contributed by atoms with Crippen LogP contribution in [-0.4, -0.2) is 40.1 Å². The van der Waals surface area contributed by atoms with Crippen LogP contribution in [0.1, 0.15) is 73.1 Å². The SMILES string of the molecule is CCOC(=O)c1cc(OC)cc2sc(CC[C@@H](O[Si](C)(C)C(C)(C)C)c3ccc(C(F)F)c(OC)c3)nc12. The van der Waals surface area contributed by atoms with Gasteiger partial charge < -0.3 is 18.6 Å². The lowest BCUT2D eigenvalue weighted by Crippen LogP contribution is -2.42. The number of nitrogens with zero attached hydrogens (tertiary/aromatic N) is 1. The molecule has 0 saturated carbocycles. The average molecular weight is 566 g/mol. The molecule has 1 atom stereocenters. The molecule has 0 amide bonds. The number of rotatable bonds is 11. The number of methoxy groups -OCH3 is 2. The average Bonchev–Trinajstić information content (AvgIpc) is 3.27. The highest BCUT2D eigenvalue weighted by Gasteiger charge is 2.39. The molecule has 10 heteroatoms. The van der Waals surface area contributed by atoms with Gasteiger partial charge in [-0.3, -0.25) is 0 Å².